The molecule has 0 aliphatic heterocycles. The molecule has 0 aromatic rings. The molecule has 0 atom stereocenters. The first kappa shape index (κ1) is 20.1. The van der Waals surface area contributed by atoms with E-state index in [1.165, 1.54) is 0 Å². The van der Waals surface area contributed by atoms with Crippen molar-refractivity contribution < 1.29 is 52.7 Å². The molecule has 0 N–H and O–H groups in total. The number of halogens is 12. The summed E-state index contributed by atoms with van der Waals surface area (Å²) < 4.78 is 151. The molecule has 0 saturated carbocycles. The summed E-state index contributed by atoms with van der Waals surface area (Å²) in [6, 6.07) is -13.1. The zero-order valence-electron chi connectivity index (χ0n) is 10.1. The van der Waals surface area contributed by atoms with Crippen molar-refractivity contribution in [3.05, 3.63) is 0 Å². The van der Waals surface area contributed by atoms with Gasteiger partial charge in [-0.25, -0.2) is 8.78 Å². The van der Waals surface area contributed by atoms with Crippen molar-refractivity contribution in [1.29, 1.82) is 0 Å². The van der Waals surface area contributed by atoms with Gasteiger partial charge < -0.3 is 0 Å². The molecule has 1 nitrogen and oxygen atoms in total. The Morgan fingerprint density at radius 1 is 0.714 bits per heavy atom. The smallest absolute Gasteiger partial charge is 0.203 e. The predicted octanol–water partition coefficient (Wildman–Crippen LogP) is 4.29. The van der Waals surface area contributed by atoms with Gasteiger partial charge in [0.2, 0.25) is 0 Å². The van der Waals surface area contributed by atoms with Gasteiger partial charge in [-0.2, -0.15) is 48.8 Å². The molecule has 0 aliphatic rings. The summed E-state index contributed by atoms with van der Waals surface area (Å²) in [5.74, 6) is -18.6. The van der Waals surface area contributed by atoms with Crippen LogP contribution in [0.25, 0.3) is 0 Å². The van der Waals surface area contributed by atoms with Crippen LogP contribution in [0.4, 0.5) is 52.7 Å². The maximum atomic E-state index is 13.0. The summed E-state index contributed by atoms with van der Waals surface area (Å²) in [4.78, 5) is -2.50. The van der Waals surface area contributed by atoms with Crippen molar-refractivity contribution in [1.82, 2.24) is 4.90 Å². The molecule has 13 heteroatoms. The second-order valence-electron chi connectivity index (χ2n) is 4.03. The van der Waals surface area contributed by atoms with Gasteiger partial charge in [-0.3, -0.25) is 0 Å². The van der Waals surface area contributed by atoms with Gasteiger partial charge in [0.25, 0.3) is 0 Å². The van der Waals surface area contributed by atoms with Crippen LogP contribution in [-0.2, 0) is 0 Å². The third-order valence-electron chi connectivity index (χ3n) is 2.45. The van der Waals surface area contributed by atoms with Crippen molar-refractivity contribution in [2.75, 3.05) is 7.05 Å². The molecule has 0 heterocycles. The lowest BCUT2D eigenvalue weighted by Crippen LogP contribution is -2.68. The van der Waals surface area contributed by atoms with Crippen molar-refractivity contribution in [2.24, 2.45) is 0 Å². The summed E-state index contributed by atoms with van der Waals surface area (Å²) in [7, 11) is -0.810. The molecule has 0 spiro atoms. The van der Waals surface area contributed by atoms with E-state index in [-0.39, 0.29) is 0 Å². The summed E-state index contributed by atoms with van der Waals surface area (Å²) in [5, 5.41) is 0. The standard InChI is InChI=1S/C8H7F12N/c1-4(11,12)6(15,16)8(19,20)21(2)7(17,18)5(13,14)3(9)10/h3H,1-2H3. The molecule has 0 aromatic heterocycles. The molecular formula is C8H7F12N. The first-order chi connectivity index (χ1) is 8.85. The van der Waals surface area contributed by atoms with Crippen LogP contribution in [0.3, 0.4) is 0 Å². The molecule has 0 amide bonds. The number of nitrogens with zero attached hydrogens (tertiary/aromatic N) is 1. The highest BCUT2D eigenvalue weighted by atomic mass is 19.4. The quantitative estimate of drug-likeness (QED) is 0.513. The van der Waals surface area contributed by atoms with E-state index >= 15 is 0 Å². The van der Waals surface area contributed by atoms with Crippen molar-refractivity contribution >= 4 is 0 Å². The Balaban J connectivity index is 5.86. The molecule has 0 unspecified atom stereocenters. The van der Waals surface area contributed by atoms with E-state index in [1.54, 1.807) is 0 Å². The summed E-state index contributed by atoms with van der Waals surface area (Å²) in [6.07, 6.45) is -5.21. The minimum Gasteiger partial charge on any atom is -0.203 e. The van der Waals surface area contributed by atoms with E-state index < -0.39 is 55.2 Å². The lowest BCUT2D eigenvalue weighted by molar-refractivity contribution is -0.418. The SMILES string of the molecule is CN(C(F)(F)C(F)(F)C(F)F)C(F)(F)C(F)(F)C(C)(F)F. The fourth-order valence-corrected chi connectivity index (χ4v) is 1.01. The monoisotopic (exact) mass is 345 g/mol. The Kier molecular flexibility index (Phi) is 4.88. The molecule has 0 bridgehead atoms. The zero-order chi connectivity index (χ0) is 17.7. The van der Waals surface area contributed by atoms with Gasteiger partial charge in [0.15, 0.2) is 0 Å². The molecule has 0 aromatic carbocycles. The van der Waals surface area contributed by atoms with Gasteiger partial charge in [-0.05, 0) is 7.05 Å². The Hall–Kier alpha value is -0.880. The second kappa shape index (κ2) is 5.09. The summed E-state index contributed by atoms with van der Waals surface area (Å²) in [5.41, 5.74) is 0. The third kappa shape index (κ3) is 2.88. The number of hydrogen-bond acceptors (Lipinski definition) is 1. The normalized spacial score (nSPS) is 16.0. The minimum atomic E-state index is -6.55. The van der Waals surface area contributed by atoms with Gasteiger partial charge in [0.05, 0.1) is 0 Å². The van der Waals surface area contributed by atoms with Gasteiger partial charge in [0, 0.05) is 6.92 Å². The van der Waals surface area contributed by atoms with E-state index in [0.717, 1.165) is 0 Å². The molecular weight excluding hydrogens is 338 g/mol. The summed E-state index contributed by atoms with van der Waals surface area (Å²) >= 11 is 0. The lowest BCUT2D eigenvalue weighted by atomic mass is 10.1. The Labute approximate surface area is 109 Å². The lowest BCUT2D eigenvalue weighted by Gasteiger charge is -2.41. The highest BCUT2D eigenvalue weighted by molar-refractivity contribution is 4.98. The number of alkyl halides is 12. The first-order valence-electron chi connectivity index (χ1n) is 4.76. The van der Waals surface area contributed by atoms with Crippen LogP contribution in [-0.4, -0.2) is 48.2 Å². The first-order valence-corrected chi connectivity index (χ1v) is 4.76. The average Bonchev–Trinajstić information content (AvgIpc) is 2.25. The Bertz CT molecular complexity index is 370. The largest absolute Gasteiger partial charge is 0.386 e. The molecule has 0 fully saturated rings. The maximum Gasteiger partial charge on any atom is 0.386 e. The summed E-state index contributed by atoms with van der Waals surface area (Å²) in [6.45, 7) is -0.780. The molecule has 0 aliphatic carbocycles. The number of rotatable bonds is 6. The maximum absolute atomic E-state index is 13.0. The fraction of sp³-hybridized carbons (Fsp3) is 1.00. The van der Waals surface area contributed by atoms with Gasteiger partial charge >= 0.3 is 36.3 Å². The van der Waals surface area contributed by atoms with Crippen LogP contribution >= 0.6 is 0 Å². The van der Waals surface area contributed by atoms with Gasteiger partial charge in [0.1, 0.15) is 0 Å². The van der Waals surface area contributed by atoms with Crippen molar-refractivity contribution in [3.63, 3.8) is 0 Å². The molecule has 128 valence electrons. The van der Waals surface area contributed by atoms with E-state index in [1.807, 2.05) is 0 Å². The number of hydrogen-bond donors (Lipinski definition) is 0. The second-order valence-corrected chi connectivity index (χ2v) is 4.03. The van der Waals surface area contributed by atoms with Crippen LogP contribution in [0, 0.1) is 0 Å². The minimum absolute atomic E-state index is 0.780. The van der Waals surface area contributed by atoms with Gasteiger partial charge in [-0.1, -0.05) is 0 Å². The van der Waals surface area contributed by atoms with E-state index in [0.29, 0.717) is 0 Å². The zero-order valence-corrected chi connectivity index (χ0v) is 10.1. The fourth-order valence-electron chi connectivity index (χ4n) is 1.01. The van der Waals surface area contributed by atoms with Crippen LogP contribution in [0.2, 0.25) is 0 Å². The molecule has 0 radical (unpaired) electrons. The molecule has 21 heavy (non-hydrogen) atoms. The van der Waals surface area contributed by atoms with Crippen LogP contribution in [0.15, 0.2) is 0 Å². The van der Waals surface area contributed by atoms with E-state index in [9.17, 15) is 52.7 Å². The predicted molar refractivity (Wildman–Crippen MR) is 44.2 cm³/mol. The Morgan fingerprint density at radius 3 is 1.29 bits per heavy atom. The Morgan fingerprint density at radius 2 is 1.05 bits per heavy atom. The van der Waals surface area contributed by atoms with E-state index in [4.69, 9.17) is 0 Å². The van der Waals surface area contributed by atoms with Crippen LogP contribution in [0.5, 0.6) is 0 Å². The van der Waals surface area contributed by atoms with Crippen LogP contribution < -0.4 is 0 Å². The average molecular weight is 345 g/mol. The highest BCUT2D eigenvalue weighted by Crippen LogP contribution is 2.52. The molecule has 0 saturated heterocycles. The highest BCUT2D eigenvalue weighted by Gasteiger charge is 2.78. The van der Waals surface area contributed by atoms with Crippen molar-refractivity contribution in [3.8, 4) is 0 Å². The topological polar surface area (TPSA) is 3.24 Å². The molecule has 0 rings (SSSR count). The van der Waals surface area contributed by atoms with E-state index in [2.05, 4.69) is 0 Å². The van der Waals surface area contributed by atoms with Gasteiger partial charge in [-0.15, -0.1) is 0 Å². The third-order valence-corrected chi connectivity index (χ3v) is 2.45. The van der Waals surface area contributed by atoms with Crippen LogP contribution in [0.1, 0.15) is 6.92 Å². The van der Waals surface area contributed by atoms with Crippen molar-refractivity contribution in [2.45, 2.75) is 43.2 Å².